The molecule has 0 saturated heterocycles. The van der Waals surface area contributed by atoms with Crippen LogP contribution in [0.2, 0.25) is 0 Å². The molecule has 0 saturated carbocycles. The maximum Gasteiger partial charge on any atom is 0.270 e. The number of amides is 1. The Morgan fingerprint density at radius 1 is 1.00 bits per heavy atom. The molecule has 2 aromatic heterocycles. The number of nitrogens with zero attached hydrogens (tertiary/aromatic N) is 3. The molecule has 3 rings (SSSR count). The zero-order chi connectivity index (χ0) is 18.4. The lowest BCUT2D eigenvalue weighted by molar-refractivity contribution is 0.0945. The molecule has 6 heteroatoms. The Labute approximate surface area is 152 Å². The van der Waals surface area contributed by atoms with Crippen LogP contribution in [0.1, 0.15) is 33.0 Å². The summed E-state index contributed by atoms with van der Waals surface area (Å²) in [5.41, 5.74) is 3.73. The fraction of sp³-hybridized carbons (Fsp3) is 0.200. The molecule has 2 heterocycles. The third-order valence-electron chi connectivity index (χ3n) is 3.99. The molecule has 1 aromatic carbocycles. The average Bonchev–Trinajstić information content (AvgIpc) is 2.66. The van der Waals surface area contributed by atoms with Crippen molar-refractivity contribution in [2.45, 2.75) is 26.9 Å². The van der Waals surface area contributed by atoms with Gasteiger partial charge in [-0.25, -0.2) is 9.97 Å². The molecule has 1 amide bonds. The molecule has 132 valence electrons. The number of nitrogens with one attached hydrogen (secondary N) is 2. The van der Waals surface area contributed by atoms with E-state index in [-0.39, 0.29) is 5.91 Å². The molecule has 2 N–H and O–H groups in total. The average molecular weight is 347 g/mol. The number of hydrogen-bond acceptors (Lipinski definition) is 5. The minimum atomic E-state index is -0.230. The first kappa shape index (κ1) is 17.5. The lowest BCUT2D eigenvalue weighted by Gasteiger charge is -2.10. The number of carbonyl (C=O) groups is 1. The molecular formula is C20H21N5O. The van der Waals surface area contributed by atoms with Gasteiger partial charge in [0.25, 0.3) is 5.91 Å². The number of carbonyl (C=O) groups excluding carboxylic acids is 1. The van der Waals surface area contributed by atoms with E-state index in [0.717, 1.165) is 5.56 Å². The van der Waals surface area contributed by atoms with Crippen LogP contribution >= 0.6 is 0 Å². The summed E-state index contributed by atoms with van der Waals surface area (Å²) in [5.74, 6) is 0.954. The number of hydrogen-bond donors (Lipinski definition) is 2. The van der Waals surface area contributed by atoms with E-state index in [2.05, 4.69) is 44.6 Å². The summed E-state index contributed by atoms with van der Waals surface area (Å²) < 4.78 is 0. The molecule has 0 fully saturated rings. The molecule has 3 aromatic rings. The van der Waals surface area contributed by atoms with Crippen molar-refractivity contribution in [1.82, 2.24) is 20.3 Å². The Balaban J connectivity index is 1.67. The van der Waals surface area contributed by atoms with Crippen LogP contribution in [-0.4, -0.2) is 20.9 Å². The van der Waals surface area contributed by atoms with Crippen molar-refractivity contribution in [3.63, 3.8) is 0 Å². The van der Waals surface area contributed by atoms with Gasteiger partial charge < -0.3 is 10.6 Å². The van der Waals surface area contributed by atoms with Gasteiger partial charge in [-0.15, -0.1) is 0 Å². The standard InChI is InChI=1S/C20H21N5O/c1-14-5-3-4-6-17(14)13-22-19-11-18(24-15(2)25-19)20(26)23-12-16-7-9-21-10-8-16/h3-11H,12-13H2,1-2H3,(H,23,26)(H,22,24,25). The maximum absolute atomic E-state index is 12.4. The Hall–Kier alpha value is -3.28. The first-order chi connectivity index (χ1) is 12.6. The summed E-state index contributed by atoms with van der Waals surface area (Å²) in [7, 11) is 0. The monoisotopic (exact) mass is 347 g/mol. The van der Waals surface area contributed by atoms with Crippen LogP contribution in [0, 0.1) is 13.8 Å². The van der Waals surface area contributed by atoms with Crippen molar-refractivity contribution < 1.29 is 4.79 Å². The smallest absolute Gasteiger partial charge is 0.270 e. The molecule has 6 nitrogen and oxygen atoms in total. The summed E-state index contributed by atoms with van der Waals surface area (Å²) >= 11 is 0. The Morgan fingerprint density at radius 2 is 1.77 bits per heavy atom. The fourth-order valence-corrected chi connectivity index (χ4v) is 2.54. The van der Waals surface area contributed by atoms with Crippen LogP contribution in [0.4, 0.5) is 5.82 Å². The van der Waals surface area contributed by atoms with Gasteiger partial charge in [0.2, 0.25) is 0 Å². The summed E-state index contributed by atoms with van der Waals surface area (Å²) in [6, 6.07) is 13.6. The van der Waals surface area contributed by atoms with Crippen LogP contribution in [0.5, 0.6) is 0 Å². The van der Waals surface area contributed by atoms with E-state index in [1.54, 1.807) is 25.4 Å². The molecule has 0 bridgehead atoms. The molecule has 0 spiro atoms. The normalized spacial score (nSPS) is 10.4. The highest BCUT2D eigenvalue weighted by atomic mass is 16.1. The quantitative estimate of drug-likeness (QED) is 0.716. The van der Waals surface area contributed by atoms with Crippen molar-refractivity contribution >= 4 is 11.7 Å². The first-order valence-corrected chi connectivity index (χ1v) is 8.43. The van der Waals surface area contributed by atoms with E-state index in [0.29, 0.717) is 30.4 Å². The number of rotatable bonds is 6. The van der Waals surface area contributed by atoms with Gasteiger partial charge in [0.05, 0.1) is 0 Å². The van der Waals surface area contributed by atoms with Crippen molar-refractivity contribution in [3.05, 3.63) is 83.1 Å². The van der Waals surface area contributed by atoms with Crippen molar-refractivity contribution in [3.8, 4) is 0 Å². The van der Waals surface area contributed by atoms with Gasteiger partial charge in [-0.1, -0.05) is 24.3 Å². The van der Waals surface area contributed by atoms with Crippen LogP contribution < -0.4 is 10.6 Å². The summed E-state index contributed by atoms with van der Waals surface area (Å²) in [6.07, 6.45) is 3.40. The second-order valence-corrected chi connectivity index (χ2v) is 6.00. The highest BCUT2D eigenvalue weighted by molar-refractivity contribution is 5.92. The number of aromatic nitrogens is 3. The molecule has 26 heavy (non-hydrogen) atoms. The van der Waals surface area contributed by atoms with Crippen LogP contribution in [-0.2, 0) is 13.1 Å². The predicted octanol–water partition coefficient (Wildman–Crippen LogP) is 3.03. The van der Waals surface area contributed by atoms with Gasteiger partial charge in [-0.3, -0.25) is 9.78 Å². The molecule has 0 atom stereocenters. The van der Waals surface area contributed by atoms with Crippen molar-refractivity contribution in [2.24, 2.45) is 0 Å². The minimum absolute atomic E-state index is 0.230. The summed E-state index contributed by atoms with van der Waals surface area (Å²) in [5, 5.41) is 6.14. The minimum Gasteiger partial charge on any atom is -0.366 e. The second-order valence-electron chi connectivity index (χ2n) is 6.00. The Bertz CT molecular complexity index is 896. The number of aryl methyl sites for hydroxylation is 2. The molecule has 0 radical (unpaired) electrons. The summed E-state index contributed by atoms with van der Waals surface area (Å²) in [6.45, 7) is 4.91. The van der Waals surface area contributed by atoms with Gasteiger partial charge in [-0.05, 0) is 42.7 Å². The van der Waals surface area contributed by atoms with E-state index in [4.69, 9.17) is 0 Å². The lowest BCUT2D eigenvalue weighted by atomic mass is 10.1. The van der Waals surface area contributed by atoms with E-state index in [9.17, 15) is 4.79 Å². The molecular weight excluding hydrogens is 326 g/mol. The fourth-order valence-electron chi connectivity index (χ4n) is 2.54. The highest BCUT2D eigenvalue weighted by Gasteiger charge is 2.10. The third-order valence-corrected chi connectivity index (χ3v) is 3.99. The topological polar surface area (TPSA) is 79.8 Å². The molecule has 0 aliphatic heterocycles. The number of pyridine rings is 1. The first-order valence-electron chi connectivity index (χ1n) is 8.43. The second kappa shape index (κ2) is 8.20. The van der Waals surface area contributed by atoms with Gasteiger partial charge in [0.1, 0.15) is 17.3 Å². The number of anilines is 1. The van der Waals surface area contributed by atoms with Crippen LogP contribution in [0.15, 0.2) is 54.9 Å². The zero-order valence-corrected chi connectivity index (χ0v) is 14.9. The van der Waals surface area contributed by atoms with E-state index in [1.807, 2.05) is 24.3 Å². The van der Waals surface area contributed by atoms with Crippen molar-refractivity contribution in [1.29, 1.82) is 0 Å². The zero-order valence-electron chi connectivity index (χ0n) is 14.9. The van der Waals surface area contributed by atoms with Crippen LogP contribution in [0.3, 0.4) is 0 Å². The molecule has 0 aliphatic carbocycles. The highest BCUT2D eigenvalue weighted by Crippen LogP contribution is 2.12. The lowest BCUT2D eigenvalue weighted by Crippen LogP contribution is -2.24. The Kier molecular flexibility index (Phi) is 5.53. The van der Waals surface area contributed by atoms with E-state index >= 15 is 0 Å². The van der Waals surface area contributed by atoms with Gasteiger partial charge >= 0.3 is 0 Å². The third kappa shape index (κ3) is 4.63. The molecule has 0 unspecified atom stereocenters. The van der Waals surface area contributed by atoms with Crippen molar-refractivity contribution in [2.75, 3.05) is 5.32 Å². The predicted molar refractivity (Wildman–Crippen MR) is 101 cm³/mol. The van der Waals surface area contributed by atoms with Gasteiger partial charge in [0.15, 0.2) is 0 Å². The Morgan fingerprint density at radius 3 is 2.54 bits per heavy atom. The van der Waals surface area contributed by atoms with Gasteiger partial charge in [-0.2, -0.15) is 0 Å². The van der Waals surface area contributed by atoms with E-state index < -0.39 is 0 Å². The number of benzene rings is 1. The van der Waals surface area contributed by atoms with E-state index in [1.165, 1.54) is 11.1 Å². The van der Waals surface area contributed by atoms with Crippen LogP contribution in [0.25, 0.3) is 0 Å². The molecule has 0 aliphatic rings. The van der Waals surface area contributed by atoms with Gasteiger partial charge in [0, 0.05) is 31.5 Å². The largest absolute Gasteiger partial charge is 0.366 e. The SMILES string of the molecule is Cc1nc(NCc2ccccc2C)cc(C(=O)NCc2ccncc2)n1. The maximum atomic E-state index is 12.4. The summed E-state index contributed by atoms with van der Waals surface area (Å²) in [4.78, 5) is 25.0.